The largest absolute Gasteiger partial charge is 0.457 e. The molecule has 0 spiro atoms. The first-order valence-electron chi connectivity index (χ1n) is 8.25. The van der Waals surface area contributed by atoms with Crippen molar-refractivity contribution in [3.63, 3.8) is 0 Å². The van der Waals surface area contributed by atoms with Crippen LogP contribution in [0, 0.1) is 0 Å². The molecule has 2 aromatic carbocycles. The van der Waals surface area contributed by atoms with Gasteiger partial charge in [0.25, 0.3) is 0 Å². The SMILES string of the molecule is C[C@@]1(NC(=O)C2c3ccccc3Oc3ccccc32)CCS(=O)(=O)C1. The molecule has 6 heteroatoms. The number of carbonyl (C=O) groups excluding carboxylic acids is 1. The van der Waals surface area contributed by atoms with Crippen LogP contribution in [0.4, 0.5) is 0 Å². The third-order valence-corrected chi connectivity index (χ3v) is 6.77. The first kappa shape index (κ1) is 16.1. The molecule has 0 radical (unpaired) electrons. The molecule has 0 bridgehead atoms. The van der Waals surface area contributed by atoms with Crippen LogP contribution >= 0.6 is 0 Å². The van der Waals surface area contributed by atoms with Crippen molar-refractivity contribution in [1.82, 2.24) is 5.32 Å². The number of amides is 1. The molecule has 2 aliphatic rings. The quantitative estimate of drug-likeness (QED) is 0.897. The van der Waals surface area contributed by atoms with E-state index in [-0.39, 0.29) is 17.4 Å². The van der Waals surface area contributed by atoms with Gasteiger partial charge in [-0.25, -0.2) is 8.42 Å². The molecule has 1 N–H and O–H groups in total. The van der Waals surface area contributed by atoms with Gasteiger partial charge in [0, 0.05) is 11.1 Å². The van der Waals surface area contributed by atoms with E-state index in [0.29, 0.717) is 17.9 Å². The number of para-hydroxylation sites is 2. The zero-order valence-corrected chi connectivity index (χ0v) is 14.7. The number of ether oxygens (including phenoxy) is 1. The molecule has 1 fully saturated rings. The molecule has 2 aromatic rings. The molecule has 1 amide bonds. The van der Waals surface area contributed by atoms with Crippen LogP contribution in [0.1, 0.15) is 30.4 Å². The number of sulfone groups is 1. The van der Waals surface area contributed by atoms with E-state index in [1.54, 1.807) is 6.92 Å². The Morgan fingerprint density at radius 2 is 1.64 bits per heavy atom. The Morgan fingerprint density at radius 1 is 1.08 bits per heavy atom. The van der Waals surface area contributed by atoms with Gasteiger partial charge in [-0.15, -0.1) is 0 Å². The first-order chi connectivity index (χ1) is 11.9. The molecule has 0 saturated carbocycles. The molecule has 2 heterocycles. The number of hydrogen-bond donors (Lipinski definition) is 1. The number of hydrogen-bond acceptors (Lipinski definition) is 4. The average Bonchev–Trinajstić information content (AvgIpc) is 2.85. The lowest BCUT2D eigenvalue weighted by Crippen LogP contribution is -2.49. The van der Waals surface area contributed by atoms with Gasteiger partial charge in [0.05, 0.1) is 23.0 Å². The molecule has 25 heavy (non-hydrogen) atoms. The second kappa shape index (κ2) is 5.59. The van der Waals surface area contributed by atoms with Crippen LogP contribution in [0.3, 0.4) is 0 Å². The zero-order valence-electron chi connectivity index (χ0n) is 13.9. The summed E-state index contributed by atoms with van der Waals surface area (Å²) < 4.78 is 29.6. The number of fused-ring (bicyclic) bond motifs is 2. The monoisotopic (exact) mass is 357 g/mol. The molecule has 2 aliphatic heterocycles. The average molecular weight is 357 g/mol. The summed E-state index contributed by atoms with van der Waals surface area (Å²) in [4.78, 5) is 13.1. The maximum Gasteiger partial charge on any atom is 0.232 e. The van der Waals surface area contributed by atoms with E-state index in [1.807, 2.05) is 48.5 Å². The fourth-order valence-corrected chi connectivity index (χ4v) is 5.76. The highest BCUT2D eigenvalue weighted by atomic mass is 32.2. The summed E-state index contributed by atoms with van der Waals surface area (Å²) in [6.07, 6.45) is 0.438. The number of benzene rings is 2. The predicted molar refractivity (Wildman–Crippen MR) is 94.6 cm³/mol. The van der Waals surface area contributed by atoms with Crippen LogP contribution in [0.2, 0.25) is 0 Å². The van der Waals surface area contributed by atoms with Gasteiger partial charge in [-0.2, -0.15) is 0 Å². The second-order valence-corrected chi connectivity index (χ2v) is 9.19. The van der Waals surface area contributed by atoms with Gasteiger partial charge in [-0.05, 0) is 25.5 Å². The summed E-state index contributed by atoms with van der Waals surface area (Å²) in [6, 6.07) is 14.9. The minimum absolute atomic E-state index is 0.0156. The van der Waals surface area contributed by atoms with Crippen LogP contribution in [-0.2, 0) is 14.6 Å². The van der Waals surface area contributed by atoms with Gasteiger partial charge in [-0.3, -0.25) is 4.79 Å². The van der Waals surface area contributed by atoms with Crippen molar-refractivity contribution in [2.24, 2.45) is 0 Å². The number of nitrogens with one attached hydrogen (secondary N) is 1. The van der Waals surface area contributed by atoms with Gasteiger partial charge >= 0.3 is 0 Å². The van der Waals surface area contributed by atoms with Gasteiger partial charge in [0.15, 0.2) is 9.84 Å². The highest BCUT2D eigenvalue weighted by Gasteiger charge is 2.42. The fourth-order valence-electron chi connectivity index (χ4n) is 3.67. The minimum Gasteiger partial charge on any atom is -0.457 e. The lowest BCUT2D eigenvalue weighted by atomic mass is 9.86. The van der Waals surface area contributed by atoms with Gasteiger partial charge in [0.1, 0.15) is 11.5 Å². The topological polar surface area (TPSA) is 72.5 Å². The summed E-state index contributed by atoms with van der Waals surface area (Å²) in [5.41, 5.74) is 0.865. The third-order valence-electron chi connectivity index (χ3n) is 4.87. The summed E-state index contributed by atoms with van der Waals surface area (Å²) >= 11 is 0. The Labute approximate surface area is 146 Å². The van der Waals surface area contributed by atoms with E-state index in [1.165, 1.54) is 0 Å². The van der Waals surface area contributed by atoms with Crippen molar-refractivity contribution in [2.45, 2.75) is 24.8 Å². The third kappa shape index (κ3) is 2.91. The van der Waals surface area contributed by atoms with Crippen molar-refractivity contribution >= 4 is 15.7 Å². The molecule has 0 unspecified atom stereocenters. The predicted octanol–water partition coefficient (Wildman–Crippen LogP) is 2.62. The van der Waals surface area contributed by atoms with Gasteiger partial charge < -0.3 is 10.1 Å². The highest BCUT2D eigenvalue weighted by Crippen LogP contribution is 2.44. The molecular weight excluding hydrogens is 338 g/mol. The van der Waals surface area contributed by atoms with Crippen molar-refractivity contribution in [1.29, 1.82) is 0 Å². The summed E-state index contributed by atoms with van der Waals surface area (Å²) in [5, 5.41) is 2.99. The van der Waals surface area contributed by atoms with Crippen LogP contribution in [0.15, 0.2) is 48.5 Å². The lowest BCUT2D eigenvalue weighted by Gasteiger charge is -2.31. The lowest BCUT2D eigenvalue weighted by molar-refractivity contribution is -0.123. The van der Waals surface area contributed by atoms with Crippen LogP contribution in [0.25, 0.3) is 0 Å². The van der Waals surface area contributed by atoms with E-state index in [2.05, 4.69) is 5.32 Å². The Morgan fingerprint density at radius 3 is 2.16 bits per heavy atom. The smallest absolute Gasteiger partial charge is 0.232 e. The molecule has 130 valence electrons. The van der Waals surface area contributed by atoms with E-state index in [0.717, 1.165) is 11.1 Å². The zero-order chi connectivity index (χ0) is 17.7. The normalized spacial score (nSPS) is 24.0. The van der Waals surface area contributed by atoms with E-state index in [4.69, 9.17) is 4.74 Å². The van der Waals surface area contributed by atoms with E-state index in [9.17, 15) is 13.2 Å². The number of rotatable bonds is 2. The van der Waals surface area contributed by atoms with Crippen LogP contribution in [0.5, 0.6) is 11.5 Å². The summed E-state index contributed by atoms with van der Waals surface area (Å²) in [6.45, 7) is 1.80. The summed E-state index contributed by atoms with van der Waals surface area (Å²) in [7, 11) is -3.09. The molecule has 5 nitrogen and oxygen atoms in total. The molecule has 4 rings (SSSR count). The maximum absolute atomic E-state index is 13.1. The molecule has 1 saturated heterocycles. The standard InChI is InChI=1S/C19H19NO4S/c1-19(10-11-25(22,23)12-19)20-18(21)17-13-6-2-4-8-15(13)24-16-9-5-3-7-14(16)17/h2-9,17H,10-12H2,1H3,(H,20,21)/t19-/m1/s1. The van der Waals surface area contributed by atoms with Crippen molar-refractivity contribution in [3.05, 3.63) is 59.7 Å². The molecule has 0 aromatic heterocycles. The van der Waals surface area contributed by atoms with Crippen LogP contribution in [-0.4, -0.2) is 31.4 Å². The molecular formula is C19H19NO4S. The Bertz CT molecular complexity index is 908. The Balaban J connectivity index is 1.71. The minimum atomic E-state index is -3.09. The first-order valence-corrected chi connectivity index (χ1v) is 10.1. The van der Waals surface area contributed by atoms with E-state index >= 15 is 0 Å². The molecule has 0 aliphatic carbocycles. The summed E-state index contributed by atoms with van der Waals surface area (Å²) in [5.74, 6) is 0.711. The van der Waals surface area contributed by atoms with Gasteiger partial charge in [-0.1, -0.05) is 36.4 Å². The van der Waals surface area contributed by atoms with Crippen molar-refractivity contribution in [2.75, 3.05) is 11.5 Å². The molecule has 1 atom stereocenters. The number of carbonyl (C=O) groups is 1. The van der Waals surface area contributed by atoms with Crippen molar-refractivity contribution in [3.8, 4) is 11.5 Å². The fraction of sp³-hybridized carbons (Fsp3) is 0.316. The maximum atomic E-state index is 13.1. The van der Waals surface area contributed by atoms with Crippen LogP contribution < -0.4 is 10.1 Å². The van der Waals surface area contributed by atoms with E-state index < -0.39 is 21.3 Å². The Hall–Kier alpha value is -2.34. The highest BCUT2D eigenvalue weighted by molar-refractivity contribution is 7.91. The van der Waals surface area contributed by atoms with Crippen molar-refractivity contribution < 1.29 is 17.9 Å². The van der Waals surface area contributed by atoms with Gasteiger partial charge in [0.2, 0.25) is 5.91 Å². The Kier molecular flexibility index (Phi) is 3.61. The second-order valence-electron chi connectivity index (χ2n) is 7.00.